The van der Waals surface area contributed by atoms with E-state index in [-0.39, 0.29) is 11.7 Å². The van der Waals surface area contributed by atoms with Gasteiger partial charge in [0.1, 0.15) is 0 Å². The molecule has 2 heterocycles. The van der Waals surface area contributed by atoms with Crippen LogP contribution in [0.3, 0.4) is 0 Å². The highest BCUT2D eigenvalue weighted by Gasteiger charge is 2.12. The van der Waals surface area contributed by atoms with Crippen molar-refractivity contribution in [3.8, 4) is 22.7 Å². The number of nitrogens with zero attached hydrogens (tertiary/aromatic N) is 3. The van der Waals surface area contributed by atoms with Gasteiger partial charge in [0.15, 0.2) is 5.13 Å². The second-order valence-corrected chi connectivity index (χ2v) is 7.84. The maximum absolute atomic E-state index is 12.2. The van der Waals surface area contributed by atoms with E-state index in [4.69, 9.17) is 16.0 Å². The van der Waals surface area contributed by atoms with Crippen molar-refractivity contribution in [2.45, 2.75) is 5.22 Å². The van der Waals surface area contributed by atoms with E-state index < -0.39 is 0 Å². The van der Waals surface area contributed by atoms with Crippen LogP contribution in [0, 0.1) is 0 Å². The summed E-state index contributed by atoms with van der Waals surface area (Å²) >= 11 is 8.44. The molecule has 9 heteroatoms. The first-order valence-corrected chi connectivity index (χ1v) is 10.4. The molecule has 0 saturated heterocycles. The van der Waals surface area contributed by atoms with Gasteiger partial charge in [0.2, 0.25) is 11.8 Å². The Morgan fingerprint density at radius 3 is 2.64 bits per heavy atom. The third-order valence-electron chi connectivity index (χ3n) is 3.64. The van der Waals surface area contributed by atoms with E-state index in [2.05, 4.69) is 20.5 Å². The summed E-state index contributed by atoms with van der Waals surface area (Å²) in [6, 6.07) is 16.9. The average Bonchev–Trinajstić information content (AvgIpc) is 3.37. The third kappa shape index (κ3) is 4.59. The zero-order chi connectivity index (χ0) is 19.3. The number of nitrogens with one attached hydrogen (secondary N) is 1. The Morgan fingerprint density at radius 1 is 1.07 bits per heavy atom. The van der Waals surface area contributed by atoms with Gasteiger partial charge in [-0.3, -0.25) is 4.79 Å². The van der Waals surface area contributed by atoms with Crippen molar-refractivity contribution in [3.05, 3.63) is 65.0 Å². The molecule has 0 aliphatic carbocycles. The highest BCUT2D eigenvalue weighted by molar-refractivity contribution is 7.99. The second-order valence-electron chi connectivity index (χ2n) is 5.62. The Balaban J connectivity index is 1.33. The summed E-state index contributed by atoms with van der Waals surface area (Å²) in [6.45, 7) is 0. The molecule has 0 atom stereocenters. The van der Waals surface area contributed by atoms with E-state index in [1.807, 2.05) is 47.8 Å². The van der Waals surface area contributed by atoms with Crippen molar-refractivity contribution in [3.63, 3.8) is 0 Å². The van der Waals surface area contributed by atoms with Gasteiger partial charge in [-0.1, -0.05) is 53.7 Å². The number of hydrogen-bond donors (Lipinski definition) is 1. The van der Waals surface area contributed by atoms with Crippen LogP contribution in [0.2, 0.25) is 5.02 Å². The lowest BCUT2D eigenvalue weighted by molar-refractivity contribution is -0.113. The fourth-order valence-corrected chi connectivity index (χ4v) is 3.76. The van der Waals surface area contributed by atoms with Crippen LogP contribution in [0.4, 0.5) is 5.13 Å². The van der Waals surface area contributed by atoms with E-state index in [9.17, 15) is 4.79 Å². The SMILES string of the molecule is O=C(CSc1nnc(-c2ccccc2)o1)Nc1nc(-c2ccc(Cl)cc2)cs1. The quantitative estimate of drug-likeness (QED) is 0.423. The summed E-state index contributed by atoms with van der Waals surface area (Å²) in [6.07, 6.45) is 0. The second kappa shape index (κ2) is 8.55. The topological polar surface area (TPSA) is 80.9 Å². The first-order chi connectivity index (χ1) is 13.7. The van der Waals surface area contributed by atoms with Crippen LogP contribution < -0.4 is 5.32 Å². The van der Waals surface area contributed by atoms with Crippen molar-refractivity contribution in [1.82, 2.24) is 15.2 Å². The number of halogens is 1. The summed E-state index contributed by atoms with van der Waals surface area (Å²) in [7, 11) is 0. The number of amides is 1. The van der Waals surface area contributed by atoms with Gasteiger partial charge in [0, 0.05) is 21.5 Å². The average molecular weight is 429 g/mol. The lowest BCUT2D eigenvalue weighted by Gasteiger charge is -1.99. The molecular weight excluding hydrogens is 416 g/mol. The highest BCUT2D eigenvalue weighted by Crippen LogP contribution is 2.27. The van der Waals surface area contributed by atoms with E-state index in [0.29, 0.717) is 21.3 Å². The monoisotopic (exact) mass is 428 g/mol. The van der Waals surface area contributed by atoms with E-state index in [1.165, 1.54) is 23.1 Å². The van der Waals surface area contributed by atoms with Gasteiger partial charge < -0.3 is 9.73 Å². The largest absolute Gasteiger partial charge is 0.411 e. The molecule has 0 fully saturated rings. The van der Waals surface area contributed by atoms with Gasteiger partial charge >= 0.3 is 0 Å². The van der Waals surface area contributed by atoms with E-state index in [1.54, 1.807) is 12.1 Å². The number of thioether (sulfide) groups is 1. The molecule has 2 aromatic heterocycles. The number of anilines is 1. The normalized spacial score (nSPS) is 10.8. The molecule has 6 nitrogen and oxygen atoms in total. The van der Waals surface area contributed by atoms with Gasteiger partial charge in [-0.05, 0) is 24.3 Å². The minimum absolute atomic E-state index is 0.145. The fourth-order valence-electron chi connectivity index (χ4n) is 2.33. The Kier molecular flexibility index (Phi) is 5.70. The van der Waals surface area contributed by atoms with E-state index >= 15 is 0 Å². The summed E-state index contributed by atoms with van der Waals surface area (Å²) in [5, 5.41) is 14.2. The zero-order valence-electron chi connectivity index (χ0n) is 14.3. The maximum Gasteiger partial charge on any atom is 0.277 e. The van der Waals surface area contributed by atoms with Crippen LogP contribution in [-0.4, -0.2) is 26.8 Å². The van der Waals surface area contributed by atoms with Crippen LogP contribution >= 0.6 is 34.7 Å². The van der Waals surface area contributed by atoms with Crippen molar-refractivity contribution in [1.29, 1.82) is 0 Å². The van der Waals surface area contributed by atoms with Crippen LogP contribution in [0.5, 0.6) is 0 Å². The first-order valence-electron chi connectivity index (χ1n) is 8.20. The van der Waals surface area contributed by atoms with Gasteiger partial charge in [0.25, 0.3) is 5.22 Å². The number of carbonyl (C=O) groups is 1. The third-order valence-corrected chi connectivity index (χ3v) is 5.47. The molecule has 0 unspecified atom stereocenters. The van der Waals surface area contributed by atoms with Crippen molar-refractivity contribution in [2.24, 2.45) is 0 Å². The molecule has 4 aromatic rings. The number of benzene rings is 2. The van der Waals surface area contributed by atoms with Gasteiger partial charge in [0.05, 0.1) is 11.4 Å². The number of carbonyl (C=O) groups excluding carboxylic acids is 1. The molecule has 0 saturated carbocycles. The van der Waals surface area contributed by atoms with Gasteiger partial charge in [-0.2, -0.15) is 0 Å². The first kappa shape index (κ1) is 18.7. The standard InChI is InChI=1S/C19H13ClN4O2S2/c20-14-8-6-12(7-9-14)15-10-27-18(21-15)22-16(25)11-28-19-24-23-17(26-19)13-4-2-1-3-5-13/h1-10H,11H2,(H,21,22,25). The lowest BCUT2D eigenvalue weighted by Crippen LogP contribution is -2.13. The number of thiazole rings is 1. The minimum Gasteiger partial charge on any atom is -0.411 e. The fraction of sp³-hybridized carbons (Fsp3) is 0.0526. The Hall–Kier alpha value is -2.68. The summed E-state index contributed by atoms with van der Waals surface area (Å²) in [5.41, 5.74) is 2.56. The molecule has 0 radical (unpaired) electrons. The van der Waals surface area contributed by atoms with Crippen LogP contribution in [0.1, 0.15) is 0 Å². The molecule has 4 rings (SSSR count). The molecule has 0 aliphatic heterocycles. The van der Waals surface area contributed by atoms with E-state index in [0.717, 1.165) is 16.8 Å². The predicted octanol–water partition coefficient (Wildman–Crippen LogP) is 5.24. The maximum atomic E-state index is 12.2. The molecule has 2 aromatic carbocycles. The molecule has 0 aliphatic rings. The summed E-state index contributed by atoms with van der Waals surface area (Å²) in [4.78, 5) is 16.6. The van der Waals surface area contributed by atoms with Gasteiger partial charge in [-0.25, -0.2) is 4.98 Å². The zero-order valence-corrected chi connectivity index (χ0v) is 16.7. The molecular formula is C19H13ClN4O2S2. The molecule has 1 N–H and O–H groups in total. The van der Waals surface area contributed by atoms with Crippen LogP contribution in [0.25, 0.3) is 22.7 Å². The number of rotatable bonds is 6. The van der Waals surface area contributed by atoms with Gasteiger partial charge in [-0.15, -0.1) is 21.5 Å². The molecule has 28 heavy (non-hydrogen) atoms. The smallest absolute Gasteiger partial charge is 0.277 e. The van der Waals surface area contributed by atoms with Crippen LogP contribution in [0.15, 0.2) is 69.6 Å². The summed E-state index contributed by atoms with van der Waals surface area (Å²) in [5.74, 6) is 0.379. The Labute approximate surface area is 174 Å². The van der Waals surface area contributed by atoms with Crippen molar-refractivity contribution < 1.29 is 9.21 Å². The molecule has 0 bridgehead atoms. The van der Waals surface area contributed by atoms with Crippen molar-refractivity contribution >= 4 is 45.7 Å². The highest BCUT2D eigenvalue weighted by atomic mass is 35.5. The minimum atomic E-state index is -0.193. The molecule has 0 spiro atoms. The van der Waals surface area contributed by atoms with Crippen LogP contribution in [-0.2, 0) is 4.79 Å². The Morgan fingerprint density at radius 2 is 1.86 bits per heavy atom. The number of hydrogen-bond acceptors (Lipinski definition) is 7. The summed E-state index contributed by atoms with van der Waals surface area (Å²) < 4.78 is 5.58. The number of aromatic nitrogens is 3. The molecule has 140 valence electrons. The molecule has 1 amide bonds. The predicted molar refractivity (Wildman–Crippen MR) is 112 cm³/mol. The Bertz CT molecular complexity index is 1080. The lowest BCUT2D eigenvalue weighted by atomic mass is 10.2. The van der Waals surface area contributed by atoms with Crippen molar-refractivity contribution in [2.75, 3.05) is 11.1 Å².